The SMILES string of the molecule is O=C1CC(=O)NC(=NN2C(=O)/C(=C/c3ccc(Cl)c(Cl)c3)N=C2c2ccccc2)N1. The zero-order valence-corrected chi connectivity index (χ0v) is 16.7. The third kappa shape index (κ3) is 4.10. The van der Waals surface area contributed by atoms with E-state index in [0.717, 1.165) is 5.01 Å². The average Bonchev–Trinajstić information content (AvgIpc) is 3.00. The van der Waals surface area contributed by atoms with Crippen LogP contribution in [0.15, 0.2) is 64.3 Å². The molecule has 0 saturated carbocycles. The number of carbonyl (C=O) groups excluding carboxylic acids is 3. The first-order valence-electron chi connectivity index (χ1n) is 8.74. The molecule has 3 amide bonds. The Hall–Kier alpha value is -3.49. The molecule has 2 aliphatic rings. The third-order valence-corrected chi connectivity index (χ3v) is 4.89. The summed E-state index contributed by atoms with van der Waals surface area (Å²) in [5, 5.41) is 10.7. The molecule has 2 aromatic carbocycles. The molecular formula is C20H13Cl2N5O3. The largest absolute Gasteiger partial charge is 0.298 e. The van der Waals surface area contributed by atoms with Crippen LogP contribution in [0.5, 0.6) is 0 Å². The van der Waals surface area contributed by atoms with Gasteiger partial charge in [0.25, 0.3) is 5.91 Å². The van der Waals surface area contributed by atoms with Gasteiger partial charge in [0.1, 0.15) is 12.1 Å². The minimum Gasteiger partial charge on any atom is -0.294 e. The second-order valence-electron chi connectivity index (χ2n) is 6.34. The number of guanidine groups is 1. The average molecular weight is 442 g/mol. The Labute approximate surface area is 180 Å². The Morgan fingerprint density at radius 1 is 0.967 bits per heavy atom. The number of rotatable bonds is 3. The Morgan fingerprint density at radius 2 is 1.67 bits per heavy atom. The minimum atomic E-state index is -0.540. The predicted molar refractivity (Wildman–Crippen MR) is 113 cm³/mol. The molecule has 1 saturated heterocycles. The standard InChI is InChI=1S/C20H13Cl2N5O3/c21-13-7-6-11(8-14(13)22)9-15-19(30)27(18(23-15)12-4-2-1-3-5-12)26-20-24-16(28)10-17(29)25-20/h1-9H,10H2,(H2,24,25,26,28,29)/b15-9-. The van der Waals surface area contributed by atoms with Crippen LogP contribution in [-0.4, -0.2) is 34.5 Å². The van der Waals surface area contributed by atoms with Crippen LogP contribution < -0.4 is 10.6 Å². The van der Waals surface area contributed by atoms with E-state index < -0.39 is 17.7 Å². The lowest BCUT2D eigenvalue weighted by Crippen LogP contribution is -2.52. The van der Waals surface area contributed by atoms with Crippen LogP contribution in [-0.2, 0) is 14.4 Å². The van der Waals surface area contributed by atoms with E-state index in [4.69, 9.17) is 23.2 Å². The van der Waals surface area contributed by atoms with Crippen molar-refractivity contribution in [1.29, 1.82) is 0 Å². The first kappa shape index (κ1) is 19.8. The number of nitrogens with one attached hydrogen (secondary N) is 2. The van der Waals surface area contributed by atoms with Gasteiger partial charge in [0, 0.05) is 5.56 Å². The number of carbonyl (C=O) groups is 3. The normalized spacial score (nSPS) is 17.7. The Morgan fingerprint density at radius 3 is 2.33 bits per heavy atom. The van der Waals surface area contributed by atoms with Crippen LogP contribution in [0.2, 0.25) is 10.0 Å². The summed E-state index contributed by atoms with van der Waals surface area (Å²) in [6, 6.07) is 13.9. The van der Waals surface area contributed by atoms with Crippen molar-refractivity contribution in [3.8, 4) is 0 Å². The van der Waals surface area contributed by atoms with Gasteiger partial charge in [-0.2, -0.15) is 5.01 Å². The van der Waals surface area contributed by atoms with Crippen LogP contribution in [0.4, 0.5) is 0 Å². The molecule has 1 fully saturated rings. The van der Waals surface area contributed by atoms with Gasteiger partial charge in [-0.15, -0.1) is 5.10 Å². The van der Waals surface area contributed by atoms with E-state index in [9.17, 15) is 14.4 Å². The van der Waals surface area contributed by atoms with Crippen molar-refractivity contribution in [3.63, 3.8) is 0 Å². The van der Waals surface area contributed by atoms with Crippen molar-refractivity contribution in [1.82, 2.24) is 15.6 Å². The molecule has 10 heteroatoms. The van der Waals surface area contributed by atoms with E-state index in [2.05, 4.69) is 20.7 Å². The first-order chi connectivity index (χ1) is 14.4. The summed E-state index contributed by atoms with van der Waals surface area (Å²) in [5.41, 5.74) is 1.35. The third-order valence-electron chi connectivity index (χ3n) is 4.15. The zero-order valence-electron chi connectivity index (χ0n) is 15.2. The van der Waals surface area contributed by atoms with Crippen LogP contribution in [0.25, 0.3) is 6.08 Å². The van der Waals surface area contributed by atoms with Crippen molar-refractivity contribution >= 4 is 58.8 Å². The molecule has 0 atom stereocenters. The number of amides is 3. The Kier molecular flexibility index (Phi) is 5.35. The lowest BCUT2D eigenvalue weighted by molar-refractivity contribution is -0.129. The lowest BCUT2D eigenvalue weighted by atomic mass is 10.2. The first-order valence-corrected chi connectivity index (χ1v) is 9.50. The monoisotopic (exact) mass is 441 g/mol. The molecule has 2 aromatic rings. The van der Waals surface area contributed by atoms with Crippen molar-refractivity contribution < 1.29 is 14.4 Å². The summed E-state index contributed by atoms with van der Waals surface area (Å²) in [7, 11) is 0. The highest BCUT2D eigenvalue weighted by Crippen LogP contribution is 2.26. The maximum Gasteiger partial charge on any atom is 0.298 e. The van der Waals surface area contributed by atoms with Crippen LogP contribution in [0.3, 0.4) is 0 Å². The number of hydrogen-bond donors (Lipinski definition) is 2. The molecule has 4 rings (SSSR count). The molecular weight excluding hydrogens is 429 g/mol. The number of amidine groups is 1. The summed E-state index contributed by atoms with van der Waals surface area (Å²) in [6.45, 7) is 0. The van der Waals surface area contributed by atoms with Crippen molar-refractivity contribution in [3.05, 3.63) is 75.4 Å². The van der Waals surface area contributed by atoms with Gasteiger partial charge in [0.15, 0.2) is 5.84 Å². The van der Waals surface area contributed by atoms with Gasteiger partial charge >= 0.3 is 0 Å². The molecule has 0 unspecified atom stereocenters. The van der Waals surface area contributed by atoms with Gasteiger partial charge in [-0.1, -0.05) is 59.6 Å². The van der Waals surface area contributed by atoms with Crippen LogP contribution in [0.1, 0.15) is 17.5 Å². The molecule has 0 bridgehead atoms. The van der Waals surface area contributed by atoms with Gasteiger partial charge in [0.2, 0.25) is 17.8 Å². The number of hydrazone groups is 1. The summed E-state index contributed by atoms with van der Waals surface area (Å²) < 4.78 is 0. The van der Waals surface area contributed by atoms with E-state index >= 15 is 0 Å². The second-order valence-corrected chi connectivity index (χ2v) is 7.16. The van der Waals surface area contributed by atoms with Gasteiger partial charge < -0.3 is 0 Å². The van der Waals surface area contributed by atoms with Crippen LogP contribution in [0, 0.1) is 0 Å². The molecule has 0 spiro atoms. The molecule has 0 radical (unpaired) electrons. The molecule has 30 heavy (non-hydrogen) atoms. The predicted octanol–water partition coefficient (Wildman–Crippen LogP) is 2.53. The smallest absolute Gasteiger partial charge is 0.294 e. The fourth-order valence-electron chi connectivity index (χ4n) is 2.81. The molecule has 150 valence electrons. The topological polar surface area (TPSA) is 103 Å². The highest BCUT2D eigenvalue weighted by atomic mass is 35.5. The Bertz CT molecular complexity index is 1140. The number of aliphatic imine (C=N–C) groups is 1. The summed E-state index contributed by atoms with van der Waals surface area (Å²) in [6.07, 6.45) is 1.24. The molecule has 2 heterocycles. The van der Waals surface area contributed by atoms with E-state index in [1.54, 1.807) is 48.5 Å². The van der Waals surface area contributed by atoms with Crippen LogP contribution >= 0.6 is 23.2 Å². The fraction of sp³-hybridized carbons (Fsp3) is 0.0500. The lowest BCUT2D eigenvalue weighted by Gasteiger charge is -2.18. The maximum atomic E-state index is 13.0. The summed E-state index contributed by atoms with van der Waals surface area (Å²) in [4.78, 5) is 40.7. The number of hydrogen-bond acceptors (Lipinski definition) is 5. The number of nitrogens with zero attached hydrogens (tertiary/aromatic N) is 3. The summed E-state index contributed by atoms with van der Waals surface area (Å²) in [5.74, 6) is -1.48. The van der Waals surface area contributed by atoms with E-state index in [0.29, 0.717) is 21.2 Å². The quantitative estimate of drug-likeness (QED) is 0.564. The van der Waals surface area contributed by atoms with Crippen molar-refractivity contribution in [2.45, 2.75) is 6.42 Å². The fourth-order valence-corrected chi connectivity index (χ4v) is 3.12. The molecule has 2 aliphatic heterocycles. The van der Waals surface area contributed by atoms with Gasteiger partial charge in [-0.3, -0.25) is 25.0 Å². The Balaban J connectivity index is 1.75. The zero-order chi connectivity index (χ0) is 21.3. The number of benzene rings is 2. The van der Waals surface area contributed by atoms with E-state index in [-0.39, 0.29) is 23.9 Å². The minimum absolute atomic E-state index is 0.102. The van der Waals surface area contributed by atoms with Gasteiger partial charge in [0.05, 0.1) is 10.0 Å². The van der Waals surface area contributed by atoms with Gasteiger partial charge in [-0.25, -0.2) is 4.99 Å². The van der Waals surface area contributed by atoms with Crippen molar-refractivity contribution in [2.75, 3.05) is 0 Å². The maximum absolute atomic E-state index is 13.0. The number of halogens is 2. The molecule has 2 N–H and O–H groups in total. The van der Waals surface area contributed by atoms with E-state index in [1.807, 2.05) is 6.07 Å². The molecule has 0 aromatic heterocycles. The molecule has 0 aliphatic carbocycles. The summed E-state index contributed by atoms with van der Waals surface area (Å²) >= 11 is 12.0. The van der Waals surface area contributed by atoms with E-state index in [1.165, 1.54) is 0 Å². The van der Waals surface area contributed by atoms with Gasteiger partial charge in [-0.05, 0) is 23.8 Å². The van der Waals surface area contributed by atoms with Crippen molar-refractivity contribution in [2.24, 2.45) is 10.1 Å². The molecule has 8 nitrogen and oxygen atoms in total. The highest BCUT2D eigenvalue weighted by Gasteiger charge is 2.33. The second kappa shape index (κ2) is 8.10. The highest BCUT2D eigenvalue weighted by molar-refractivity contribution is 6.42.